The highest BCUT2D eigenvalue weighted by Crippen LogP contribution is 2.28. The van der Waals surface area contributed by atoms with Crippen LogP contribution in [0.3, 0.4) is 0 Å². The molecule has 1 amide bonds. The minimum Gasteiger partial charge on any atom is -0.271 e. The SMILES string of the molecule is CCCc1ccc(C)cc1N=C1SCC(=O)N1/N=C/C(C)C. The van der Waals surface area contributed by atoms with E-state index in [0.717, 1.165) is 18.5 Å². The van der Waals surface area contributed by atoms with Gasteiger partial charge in [-0.2, -0.15) is 10.1 Å². The molecule has 1 fully saturated rings. The molecule has 0 saturated carbocycles. The summed E-state index contributed by atoms with van der Waals surface area (Å²) in [5.41, 5.74) is 3.34. The lowest BCUT2D eigenvalue weighted by molar-refractivity contribution is -0.124. The van der Waals surface area contributed by atoms with Crippen LogP contribution < -0.4 is 0 Å². The van der Waals surface area contributed by atoms with Crippen molar-refractivity contribution in [3.05, 3.63) is 29.3 Å². The van der Waals surface area contributed by atoms with Crippen LogP contribution in [0.15, 0.2) is 28.3 Å². The third-order valence-electron chi connectivity index (χ3n) is 3.20. The van der Waals surface area contributed by atoms with Gasteiger partial charge in [-0.05, 0) is 36.5 Å². The highest BCUT2D eigenvalue weighted by Gasteiger charge is 2.28. The first-order valence-electron chi connectivity index (χ1n) is 7.69. The van der Waals surface area contributed by atoms with Crippen LogP contribution >= 0.6 is 11.8 Å². The molecule has 1 aromatic rings. The molecular weight excluding hydrogens is 294 g/mol. The second kappa shape index (κ2) is 7.58. The van der Waals surface area contributed by atoms with Gasteiger partial charge in [0.2, 0.25) is 0 Å². The molecule has 118 valence electrons. The predicted octanol–water partition coefficient (Wildman–Crippen LogP) is 4.15. The topological polar surface area (TPSA) is 45.0 Å². The first kappa shape index (κ1) is 16.7. The molecule has 5 heteroatoms. The monoisotopic (exact) mass is 317 g/mol. The number of nitrogens with zero attached hydrogens (tertiary/aromatic N) is 3. The Balaban J connectivity index is 2.34. The van der Waals surface area contributed by atoms with Crippen LogP contribution in [-0.2, 0) is 11.2 Å². The second-order valence-corrected chi connectivity index (χ2v) is 6.72. The molecule has 1 heterocycles. The number of thioether (sulfide) groups is 1. The second-order valence-electron chi connectivity index (χ2n) is 5.78. The van der Waals surface area contributed by atoms with Crippen LogP contribution in [0.1, 0.15) is 38.3 Å². The van der Waals surface area contributed by atoms with Crippen molar-refractivity contribution in [2.24, 2.45) is 16.0 Å². The van der Waals surface area contributed by atoms with Crippen LogP contribution in [-0.4, -0.2) is 28.1 Å². The Morgan fingerprint density at radius 2 is 2.18 bits per heavy atom. The van der Waals surface area contributed by atoms with Gasteiger partial charge in [-0.3, -0.25) is 4.79 Å². The molecule has 0 atom stereocenters. The largest absolute Gasteiger partial charge is 0.271 e. The molecule has 22 heavy (non-hydrogen) atoms. The Morgan fingerprint density at radius 1 is 1.41 bits per heavy atom. The maximum absolute atomic E-state index is 12.0. The molecule has 0 aliphatic carbocycles. The molecule has 0 spiro atoms. The lowest BCUT2D eigenvalue weighted by atomic mass is 10.1. The lowest BCUT2D eigenvalue weighted by Gasteiger charge is -2.11. The maximum atomic E-state index is 12.0. The summed E-state index contributed by atoms with van der Waals surface area (Å²) in [4.78, 5) is 16.7. The molecule has 0 aromatic heterocycles. The van der Waals surface area contributed by atoms with Gasteiger partial charge in [0.1, 0.15) is 0 Å². The van der Waals surface area contributed by atoms with Crippen LogP contribution in [0.2, 0.25) is 0 Å². The van der Waals surface area contributed by atoms with E-state index in [1.54, 1.807) is 6.21 Å². The third-order valence-corrected chi connectivity index (χ3v) is 4.11. The van der Waals surface area contributed by atoms with Crippen molar-refractivity contribution >= 4 is 34.7 Å². The molecule has 1 aliphatic rings. The van der Waals surface area contributed by atoms with Gasteiger partial charge in [0.15, 0.2) is 5.17 Å². The zero-order chi connectivity index (χ0) is 16.1. The molecule has 0 N–H and O–H groups in total. The number of hydrogen-bond donors (Lipinski definition) is 0. The van der Waals surface area contributed by atoms with Crippen molar-refractivity contribution in [2.45, 2.75) is 40.5 Å². The lowest BCUT2D eigenvalue weighted by Crippen LogP contribution is -2.24. The summed E-state index contributed by atoms with van der Waals surface area (Å²) in [5, 5.41) is 6.39. The number of hydrogen-bond acceptors (Lipinski definition) is 4. The van der Waals surface area contributed by atoms with Crippen molar-refractivity contribution in [1.82, 2.24) is 5.01 Å². The van der Waals surface area contributed by atoms with Gasteiger partial charge < -0.3 is 0 Å². The van der Waals surface area contributed by atoms with E-state index in [-0.39, 0.29) is 5.91 Å². The van der Waals surface area contributed by atoms with Gasteiger partial charge >= 0.3 is 0 Å². The van der Waals surface area contributed by atoms with Crippen LogP contribution in [0.25, 0.3) is 0 Å². The molecule has 2 rings (SSSR count). The molecule has 4 nitrogen and oxygen atoms in total. The van der Waals surface area contributed by atoms with E-state index < -0.39 is 0 Å². The Bertz CT molecular complexity index is 608. The molecule has 1 saturated heterocycles. The summed E-state index contributed by atoms with van der Waals surface area (Å²) in [6.07, 6.45) is 3.84. The first-order valence-corrected chi connectivity index (χ1v) is 8.68. The fourth-order valence-electron chi connectivity index (χ4n) is 2.11. The average Bonchev–Trinajstić information content (AvgIpc) is 2.80. The van der Waals surface area contributed by atoms with E-state index >= 15 is 0 Å². The van der Waals surface area contributed by atoms with Gasteiger partial charge in [0, 0.05) is 6.21 Å². The number of hydrazone groups is 1. The number of amides is 1. The van der Waals surface area contributed by atoms with Crippen LogP contribution in [0, 0.1) is 12.8 Å². The first-order chi connectivity index (χ1) is 10.5. The fraction of sp³-hybridized carbons (Fsp3) is 0.471. The van der Waals surface area contributed by atoms with Crippen LogP contribution in [0.4, 0.5) is 5.69 Å². The number of carbonyl (C=O) groups is 1. The molecule has 0 bridgehead atoms. The highest BCUT2D eigenvalue weighted by atomic mass is 32.2. The Kier molecular flexibility index (Phi) is 5.77. The Hall–Kier alpha value is -1.62. The predicted molar refractivity (Wildman–Crippen MR) is 94.9 cm³/mol. The van der Waals surface area contributed by atoms with Crippen LogP contribution in [0.5, 0.6) is 0 Å². The van der Waals surface area contributed by atoms with Gasteiger partial charge in [0.05, 0.1) is 11.4 Å². The summed E-state index contributed by atoms with van der Waals surface area (Å²) in [7, 11) is 0. The molecule has 0 unspecified atom stereocenters. The number of aliphatic imine (C=N–C) groups is 1. The fourth-order valence-corrected chi connectivity index (χ4v) is 2.92. The number of rotatable bonds is 5. The number of benzene rings is 1. The Labute approximate surface area is 136 Å². The minimum absolute atomic E-state index is 0.00894. The normalized spacial score (nSPS) is 17.4. The average molecular weight is 317 g/mol. The molecule has 1 aliphatic heterocycles. The van der Waals surface area contributed by atoms with Crippen molar-refractivity contribution < 1.29 is 4.79 Å². The summed E-state index contributed by atoms with van der Waals surface area (Å²) in [6.45, 7) is 8.28. The van der Waals surface area contributed by atoms with Crippen molar-refractivity contribution in [1.29, 1.82) is 0 Å². The van der Waals surface area contributed by atoms with Crippen molar-refractivity contribution in [3.8, 4) is 0 Å². The number of amidine groups is 1. The van der Waals surface area contributed by atoms with Crippen molar-refractivity contribution in [2.75, 3.05) is 5.75 Å². The molecule has 0 radical (unpaired) electrons. The smallest absolute Gasteiger partial charge is 0.259 e. The van der Waals surface area contributed by atoms with Gasteiger partial charge in [-0.25, -0.2) is 4.99 Å². The van der Waals surface area contributed by atoms with E-state index in [9.17, 15) is 4.79 Å². The van der Waals surface area contributed by atoms with Gasteiger partial charge in [-0.1, -0.05) is 51.1 Å². The van der Waals surface area contributed by atoms with E-state index in [4.69, 9.17) is 4.99 Å². The standard InChI is InChI=1S/C17H23N3OS/c1-5-6-14-8-7-13(4)9-15(14)19-17-20(16(21)11-22-17)18-10-12(2)3/h7-10,12H,5-6,11H2,1-4H3/b18-10+,19-17?. The third kappa shape index (κ3) is 4.19. The highest BCUT2D eigenvalue weighted by molar-refractivity contribution is 8.15. The zero-order valence-corrected chi connectivity index (χ0v) is 14.5. The summed E-state index contributed by atoms with van der Waals surface area (Å²) in [6, 6.07) is 6.31. The quantitative estimate of drug-likeness (QED) is 0.766. The van der Waals surface area contributed by atoms with Gasteiger partial charge in [-0.15, -0.1) is 0 Å². The Morgan fingerprint density at radius 3 is 2.86 bits per heavy atom. The maximum Gasteiger partial charge on any atom is 0.259 e. The van der Waals surface area contributed by atoms with Crippen molar-refractivity contribution in [3.63, 3.8) is 0 Å². The molecular formula is C17H23N3OS. The zero-order valence-electron chi connectivity index (χ0n) is 13.7. The number of carbonyl (C=O) groups excluding carboxylic acids is 1. The summed E-state index contributed by atoms with van der Waals surface area (Å²) >= 11 is 1.45. The van der Waals surface area contributed by atoms with E-state index in [1.807, 2.05) is 13.8 Å². The van der Waals surface area contributed by atoms with E-state index in [1.165, 1.54) is 27.9 Å². The van der Waals surface area contributed by atoms with E-state index in [2.05, 4.69) is 37.1 Å². The molecule has 1 aromatic carbocycles. The summed E-state index contributed by atoms with van der Waals surface area (Å²) in [5.74, 6) is 0.697. The minimum atomic E-state index is -0.00894. The number of aryl methyl sites for hydroxylation is 2. The summed E-state index contributed by atoms with van der Waals surface area (Å²) < 4.78 is 0. The van der Waals surface area contributed by atoms with E-state index in [0.29, 0.717) is 16.8 Å². The van der Waals surface area contributed by atoms with Gasteiger partial charge in [0.25, 0.3) is 5.91 Å².